The van der Waals surface area contributed by atoms with Crippen LogP contribution in [0.5, 0.6) is 0 Å². The van der Waals surface area contributed by atoms with Crippen molar-refractivity contribution in [3.05, 3.63) is 33.7 Å². The Balaban J connectivity index is 1.81. The number of hydrogen-bond acceptors (Lipinski definition) is 2. The molecule has 2 aliphatic rings. The molecule has 4 rings (SSSR count). The lowest BCUT2D eigenvalue weighted by Crippen LogP contribution is -2.15. The van der Waals surface area contributed by atoms with E-state index in [1.165, 1.54) is 37.3 Å². The number of fused-ring (bicyclic) bond motifs is 1. The zero-order chi connectivity index (χ0) is 13.0. The minimum atomic E-state index is -0.274. The second kappa shape index (κ2) is 4.32. The van der Waals surface area contributed by atoms with Gasteiger partial charge in [-0.1, -0.05) is 15.9 Å². The Hall–Kier alpha value is -0.870. The third-order valence-corrected chi connectivity index (χ3v) is 4.40. The molecular formula is C15H15BrFNO. The van der Waals surface area contributed by atoms with Crippen molar-refractivity contribution in [2.75, 3.05) is 0 Å². The molecule has 0 amide bonds. The number of halogens is 2. The molecule has 0 spiro atoms. The molecule has 2 saturated carbocycles. The predicted molar refractivity (Wildman–Crippen MR) is 75.7 cm³/mol. The highest BCUT2D eigenvalue weighted by molar-refractivity contribution is 9.10. The summed E-state index contributed by atoms with van der Waals surface area (Å²) in [5.41, 5.74) is 1.64. The molecule has 0 saturated heterocycles. The fourth-order valence-corrected chi connectivity index (χ4v) is 3.10. The fraction of sp³-hybridized carbons (Fsp3) is 0.467. The molecule has 1 N–H and O–H groups in total. The molecule has 1 aromatic carbocycles. The van der Waals surface area contributed by atoms with Crippen LogP contribution in [0.15, 0.2) is 21.0 Å². The zero-order valence-electron chi connectivity index (χ0n) is 10.5. The SMILES string of the molecule is Fc1cc(Br)cc2c(C3CC3)c(CNC3CC3)oc12. The highest BCUT2D eigenvalue weighted by Crippen LogP contribution is 2.47. The van der Waals surface area contributed by atoms with E-state index >= 15 is 0 Å². The fourth-order valence-electron chi connectivity index (χ4n) is 2.67. The number of nitrogens with one attached hydrogen (secondary N) is 1. The number of hydrogen-bond donors (Lipinski definition) is 1. The van der Waals surface area contributed by atoms with Crippen molar-refractivity contribution in [1.82, 2.24) is 5.32 Å². The van der Waals surface area contributed by atoms with Crippen molar-refractivity contribution in [2.45, 2.75) is 44.2 Å². The smallest absolute Gasteiger partial charge is 0.170 e. The average molecular weight is 324 g/mol. The van der Waals surface area contributed by atoms with Gasteiger partial charge in [0.15, 0.2) is 11.4 Å². The third-order valence-electron chi connectivity index (χ3n) is 3.94. The lowest BCUT2D eigenvalue weighted by molar-refractivity contribution is 0.489. The Kier molecular flexibility index (Phi) is 2.71. The van der Waals surface area contributed by atoms with Crippen LogP contribution in [0, 0.1) is 5.82 Å². The Morgan fingerprint density at radius 3 is 2.74 bits per heavy atom. The van der Waals surface area contributed by atoms with Crippen molar-refractivity contribution in [3.8, 4) is 0 Å². The Labute approximate surface area is 119 Å². The van der Waals surface area contributed by atoms with Crippen LogP contribution in [-0.2, 0) is 6.54 Å². The van der Waals surface area contributed by atoms with Crippen LogP contribution < -0.4 is 5.32 Å². The lowest BCUT2D eigenvalue weighted by Gasteiger charge is -2.02. The minimum Gasteiger partial charge on any atom is -0.456 e. The summed E-state index contributed by atoms with van der Waals surface area (Å²) in [7, 11) is 0. The van der Waals surface area contributed by atoms with Crippen LogP contribution in [0.3, 0.4) is 0 Å². The first kappa shape index (κ1) is 11.9. The molecule has 19 heavy (non-hydrogen) atoms. The molecular weight excluding hydrogens is 309 g/mol. The van der Waals surface area contributed by atoms with Gasteiger partial charge in [-0.25, -0.2) is 4.39 Å². The Morgan fingerprint density at radius 2 is 2.05 bits per heavy atom. The van der Waals surface area contributed by atoms with Gasteiger partial charge in [0.1, 0.15) is 5.76 Å². The molecule has 2 aromatic rings. The maximum absolute atomic E-state index is 14.0. The van der Waals surface area contributed by atoms with Crippen LogP contribution in [0.2, 0.25) is 0 Å². The summed E-state index contributed by atoms with van der Waals surface area (Å²) in [4.78, 5) is 0. The van der Waals surface area contributed by atoms with Gasteiger partial charge in [-0.15, -0.1) is 0 Å². The van der Waals surface area contributed by atoms with E-state index in [0.717, 1.165) is 22.2 Å². The molecule has 1 heterocycles. The van der Waals surface area contributed by atoms with Gasteiger partial charge in [0.2, 0.25) is 0 Å². The van der Waals surface area contributed by atoms with Gasteiger partial charge in [-0.05, 0) is 43.7 Å². The summed E-state index contributed by atoms with van der Waals surface area (Å²) in [6.07, 6.45) is 4.89. The Bertz CT molecular complexity index is 643. The first-order chi connectivity index (χ1) is 9.22. The van der Waals surface area contributed by atoms with Gasteiger partial charge in [-0.3, -0.25) is 0 Å². The van der Waals surface area contributed by atoms with Crippen LogP contribution in [0.25, 0.3) is 11.0 Å². The molecule has 0 aliphatic heterocycles. The van der Waals surface area contributed by atoms with Crippen molar-refractivity contribution in [3.63, 3.8) is 0 Å². The van der Waals surface area contributed by atoms with Crippen LogP contribution in [0.1, 0.15) is 42.9 Å². The van der Waals surface area contributed by atoms with Gasteiger partial charge in [-0.2, -0.15) is 0 Å². The van der Waals surface area contributed by atoms with E-state index in [9.17, 15) is 4.39 Å². The third kappa shape index (κ3) is 2.21. The molecule has 0 unspecified atom stereocenters. The predicted octanol–water partition coefficient (Wildman–Crippen LogP) is 4.46. The number of rotatable bonds is 4. The van der Waals surface area contributed by atoms with Crippen LogP contribution in [0.4, 0.5) is 4.39 Å². The minimum absolute atomic E-state index is 0.274. The highest BCUT2D eigenvalue weighted by atomic mass is 79.9. The summed E-state index contributed by atoms with van der Waals surface area (Å²) < 4.78 is 20.6. The second-order valence-electron chi connectivity index (χ2n) is 5.63. The summed E-state index contributed by atoms with van der Waals surface area (Å²) in [5.74, 6) is 1.22. The van der Waals surface area contributed by atoms with E-state index in [2.05, 4.69) is 21.2 Å². The van der Waals surface area contributed by atoms with Gasteiger partial charge in [0.25, 0.3) is 0 Å². The number of furan rings is 1. The molecule has 100 valence electrons. The van der Waals surface area contributed by atoms with E-state index in [1.807, 2.05) is 6.07 Å². The van der Waals surface area contributed by atoms with Crippen molar-refractivity contribution in [1.29, 1.82) is 0 Å². The lowest BCUT2D eigenvalue weighted by atomic mass is 10.1. The monoisotopic (exact) mass is 323 g/mol. The van der Waals surface area contributed by atoms with E-state index < -0.39 is 0 Å². The largest absolute Gasteiger partial charge is 0.456 e. The summed E-state index contributed by atoms with van der Waals surface area (Å²) in [6.45, 7) is 0.724. The Morgan fingerprint density at radius 1 is 1.26 bits per heavy atom. The summed E-state index contributed by atoms with van der Waals surface area (Å²) in [5, 5.41) is 4.41. The summed E-state index contributed by atoms with van der Waals surface area (Å²) in [6, 6.07) is 4.09. The van der Waals surface area contributed by atoms with E-state index in [-0.39, 0.29) is 5.82 Å². The molecule has 2 aliphatic carbocycles. The first-order valence-corrected chi connectivity index (χ1v) is 7.65. The van der Waals surface area contributed by atoms with Crippen LogP contribution >= 0.6 is 15.9 Å². The topological polar surface area (TPSA) is 25.2 Å². The summed E-state index contributed by atoms with van der Waals surface area (Å²) >= 11 is 3.37. The maximum atomic E-state index is 14.0. The molecule has 2 nitrogen and oxygen atoms in total. The molecule has 0 atom stereocenters. The molecule has 2 fully saturated rings. The van der Waals surface area contributed by atoms with Gasteiger partial charge < -0.3 is 9.73 Å². The van der Waals surface area contributed by atoms with Crippen molar-refractivity contribution < 1.29 is 8.81 Å². The first-order valence-electron chi connectivity index (χ1n) is 6.86. The quantitative estimate of drug-likeness (QED) is 0.898. The normalized spacial score (nSPS) is 19.3. The second-order valence-corrected chi connectivity index (χ2v) is 6.55. The molecule has 0 bridgehead atoms. The van der Waals surface area contributed by atoms with Gasteiger partial charge in [0.05, 0.1) is 6.54 Å². The maximum Gasteiger partial charge on any atom is 0.170 e. The van der Waals surface area contributed by atoms with E-state index in [0.29, 0.717) is 17.5 Å². The highest BCUT2D eigenvalue weighted by Gasteiger charge is 2.32. The standard InChI is InChI=1S/C15H15BrFNO/c16-9-5-11-14(8-1-2-8)13(7-18-10-3-4-10)19-15(11)12(17)6-9/h5-6,8,10,18H,1-4,7H2. The van der Waals surface area contributed by atoms with Crippen molar-refractivity contribution in [2.24, 2.45) is 0 Å². The number of benzene rings is 1. The molecule has 4 heteroatoms. The van der Waals surface area contributed by atoms with Gasteiger partial charge in [0, 0.05) is 21.5 Å². The van der Waals surface area contributed by atoms with E-state index in [4.69, 9.17) is 4.42 Å². The molecule has 0 radical (unpaired) electrons. The zero-order valence-corrected chi connectivity index (χ0v) is 12.1. The van der Waals surface area contributed by atoms with Gasteiger partial charge >= 0.3 is 0 Å². The van der Waals surface area contributed by atoms with Crippen molar-refractivity contribution >= 4 is 26.9 Å². The van der Waals surface area contributed by atoms with Crippen LogP contribution in [-0.4, -0.2) is 6.04 Å². The molecule has 1 aromatic heterocycles. The van der Waals surface area contributed by atoms with E-state index in [1.54, 1.807) is 0 Å². The average Bonchev–Trinajstić information content (AvgIpc) is 3.26.